The fourth-order valence-corrected chi connectivity index (χ4v) is 5.69. The summed E-state index contributed by atoms with van der Waals surface area (Å²) in [6.07, 6.45) is 0.702. The summed E-state index contributed by atoms with van der Waals surface area (Å²) in [5, 5.41) is 11.6. The number of piperidine rings is 1. The van der Waals surface area contributed by atoms with Gasteiger partial charge in [0.1, 0.15) is 11.5 Å². The number of hydrogen-bond acceptors (Lipinski definition) is 8. The van der Waals surface area contributed by atoms with E-state index in [0.29, 0.717) is 28.7 Å². The second-order valence-electron chi connectivity index (χ2n) is 7.62. The molecule has 10 heteroatoms. The number of aromatic nitrogens is 2. The number of thioether (sulfide) groups is 1. The first-order valence-corrected chi connectivity index (χ1v) is 12.7. The molecule has 1 fully saturated rings. The minimum atomic E-state index is -0.488. The van der Waals surface area contributed by atoms with Crippen LogP contribution >= 0.6 is 23.1 Å². The molecule has 0 spiro atoms. The van der Waals surface area contributed by atoms with Crippen LogP contribution in [0.15, 0.2) is 52.9 Å². The van der Waals surface area contributed by atoms with Crippen LogP contribution in [0.3, 0.4) is 0 Å². The molecule has 0 bridgehead atoms. The van der Waals surface area contributed by atoms with Crippen molar-refractivity contribution in [1.29, 1.82) is 0 Å². The van der Waals surface area contributed by atoms with Crippen LogP contribution in [0, 0.1) is 5.92 Å². The molecule has 3 aromatic rings. The Balaban J connectivity index is 1.69. The first-order valence-electron chi connectivity index (χ1n) is 10.9. The highest BCUT2D eigenvalue weighted by molar-refractivity contribution is 8.01. The van der Waals surface area contributed by atoms with Crippen molar-refractivity contribution in [2.75, 3.05) is 30.2 Å². The van der Waals surface area contributed by atoms with Gasteiger partial charge in [-0.2, -0.15) is 0 Å². The summed E-state index contributed by atoms with van der Waals surface area (Å²) >= 11 is 2.93. The highest BCUT2D eigenvalue weighted by Crippen LogP contribution is 2.41. The van der Waals surface area contributed by atoms with Crippen molar-refractivity contribution in [2.24, 2.45) is 5.92 Å². The Morgan fingerprint density at radius 1 is 1.09 bits per heavy atom. The lowest BCUT2D eigenvalue weighted by Crippen LogP contribution is -2.46. The van der Waals surface area contributed by atoms with Gasteiger partial charge in [-0.1, -0.05) is 42.2 Å². The number of methoxy groups -OCH3 is 2. The third kappa shape index (κ3) is 5.18. The summed E-state index contributed by atoms with van der Waals surface area (Å²) < 4.78 is 11.4. The third-order valence-electron chi connectivity index (χ3n) is 5.65. The molecular weight excluding hydrogens is 472 g/mol. The van der Waals surface area contributed by atoms with E-state index in [-0.39, 0.29) is 18.2 Å². The lowest BCUT2D eigenvalue weighted by molar-refractivity contribution is -0.125. The van der Waals surface area contributed by atoms with Gasteiger partial charge in [0.25, 0.3) is 0 Å². The first kappa shape index (κ1) is 24.0. The maximum absolute atomic E-state index is 13.5. The van der Waals surface area contributed by atoms with Crippen molar-refractivity contribution in [3.63, 3.8) is 0 Å². The van der Waals surface area contributed by atoms with Crippen molar-refractivity contribution in [3.8, 4) is 11.5 Å². The second kappa shape index (κ2) is 10.9. The standard InChI is InChI=1S/C24H26N4O4S2/c1-4-33-24-27-26-23(34-24)25-22(30)19-13-14-20(29)28(16-7-11-18(32-3)12-8-16)21(19)15-5-9-17(31-2)10-6-15/h5-12,19,21H,4,13-14H2,1-3H3,(H,25,26,30)/t19-,21+/m1/s1. The Kier molecular flexibility index (Phi) is 7.69. The molecule has 1 aliphatic heterocycles. The summed E-state index contributed by atoms with van der Waals surface area (Å²) in [5.41, 5.74) is 1.56. The van der Waals surface area contributed by atoms with Crippen molar-refractivity contribution in [1.82, 2.24) is 10.2 Å². The Morgan fingerprint density at radius 2 is 1.74 bits per heavy atom. The van der Waals surface area contributed by atoms with Gasteiger partial charge < -0.3 is 19.7 Å². The summed E-state index contributed by atoms with van der Waals surface area (Å²) in [6, 6.07) is 14.3. The van der Waals surface area contributed by atoms with Gasteiger partial charge in [-0.15, -0.1) is 10.2 Å². The molecule has 1 aromatic heterocycles. The highest BCUT2D eigenvalue weighted by atomic mass is 32.2. The van der Waals surface area contributed by atoms with Gasteiger partial charge in [-0.25, -0.2) is 0 Å². The van der Waals surface area contributed by atoms with Crippen LogP contribution in [0.5, 0.6) is 11.5 Å². The van der Waals surface area contributed by atoms with E-state index in [9.17, 15) is 9.59 Å². The van der Waals surface area contributed by atoms with E-state index >= 15 is 0 Å². The van der Waals surface area contributed by atoms with Crippen molar-refractivity contribution in [2.45, 2.75) is 30.1 Å². The maximum Gasteiger partial charge on any atom is 0.231 e. The van der Waals surface area contributed by atoms with Gasteiger partial charge in [0.15, 0.2) is 4.34 Å². The number of nitrogens with zero attached hydrogens (tertiary/aromatic N) is 3. The number of nitrogens with one attached hydrogen (secondary N) is 1. The Labute approximate surface area is 206 Å². The van der Waals surface area contributed by atoms with Crippen LogP contribution in [0.1, 0.15) is 31.4 Å². The topological polar surface area (TPSA) is 93.7 Å². The number of carbonyl (C=O) groups excluding carboxylic acids is 2. The lowest BCUT2D eigenvalue weighted by Gasteiger charge is -2.40. The van der Waals surface area contributed by atoms with Crippen LogP contribution in [-0.4, -0.2) is 42.0 Å². The van der Waals surface area contributed by atoms with Gasteiger partial charge >= 0.3 is 0 Å². The Morgan fingerprint density at radius 3 is 2.35 bits per heavy atom. The highest BCUT2D eigenvalue weighted by Gasteiger charge is 2.41. The SMILES string of the molecule is CCSc1nnc(NC(=O)[C@@H]2CCC(=O)N(c3ccc(OC)cc3)[C@H]2c2ccc(OC)cc2)s1. The Hall–Kier alpha value is -3.11. The molecule has 2 aromatic carbocycles. The van der Waals surface area contributed by atoms with Crippen LogP contribution in [0.25, 0.3) is 0 Å². The minimum Gasteiger partial charge on any atom is -0.497 e. The van der Waals surface area contributed by atoms with Gasteiger partial charge in [-0.05, 0) is 54.1 Å². The predicted octanol–water partition coefficient (Wildman–Crippen LogP) is 4.79. The molecule has 1 N–H and O–H groups in total. The smallest absolute Gasteiger partial charge is 0.231 e. The minimum absolute atomic E-state index is 0.0346. The fraction of sp³-hybridized carbons (Fsp3) is 0.333. The van der Waals surface area contributed by atoms with Gasteiger partial charge in [-0.3, -0.25) is 9.59 Å². The molecule has 0 saturated carbocycles. The largest absolute Gasteiger partial charge is 0.497 e. The number of hydrogen-bond donors (Lipinski definition) is 1. The van der Waals surface area contributed by atoms with Crippen molar-refractivity contribution in [3.05, 3.63) is 54.1 Å². The van der Waals surface area contributed by atoms with Crippen LogP contribution in [-0.2, 0) is 9.59 Å². The zero-order valence-electron chi connectivity index (χ0n) is 19.2. The first-order chi connectivity index (χ1) is 16.5. The van der Waals surface area contributed by atoms with E-state index in [0.717, 1.165) is 15.7 Å². The number of amides is 2. The van der Waals surface area contributed by atoms with Crippen LogP contribution < -0.4 is 19.7 Å². The van der Waals surface area contributed by atoms with E-state index in [1.807, 2.05) is 55.5 Å². The molecule has 2 atom stereocenters. The van der Waals surface area contributed by atoms with Gasteiger partial charge in [0.05, 0.1) is 26.2 Å². The molecule has 8 nitrogen and oxygen atoms in total. The molecule has 2 amide bonds. The van der Waals surface area contributed by atoms with Gasteiger partial charge in [0.2, 0.25) is 16.9 Å². The number of carbonyl (C=O) groups is 2. The average Bonchev–Trinajstić information content (AvgIpc) is 3.31. The maximum atomic E-state index is 13.5. The molecule has 0 aliphatic carbocycles. The third-order valence-corrected chi connectivity index (χ3v) is 7.50. The van der Waals surface area contributed by atoms with E-state index in [1.54, 1.807) is 30.9 Å². The van der Waals surface area contributed by atoms with Crippen LogP contribution in [0.4, 0.5) is 10.8 Å². The number of benzene rings is 2. The molecular formula is C24H26N4O4S2. The summed E-state index contributed by atoms with van der Waals surface area (Å²) in [5.74, 6) is 1.59. The average molecular weight is 499 g/mol. The fourth-order valence-electron chi connectivity index (χ4n) is 4.04. The van der Waals surface area contributed by atoms with Crippen molar-refractivity contribution >= 4 is 45.7 Å². The molecule has 1 saturated heterocycles. The zero-order chi connectivity index (χ0) is 24.1. The molecule has 34 heavy (non-hydrogen) atoms. The summed E-state index contributed by atoms with van der Waals surface area (Å²) in [6.45, 7) is 2.04. The lowest BCUT2D eigenvalue weighted by atomic mass is 9.83. The van der Waals surface area contributed by atoms with E-state index in [4.69, 9.17) is 9.47 Å². The van der Waals surface area contributed by atoms with Gasteiger partial charge in [0, 0.05) is 12.1 Å². The van der Waals surface area contributed by atoms with Crippen molar-refractivity contribution < 1.29 is 19.1 Å². The normalized spacial score (nSPS) is 18.0. The number of anilines is 2. The van der Waals surface area contributed by atoms with Crippen LogP contribution in [0.2, 0.25) is 0 Å². The summed E-state index contributed by atoms with van der Waals surface area (Å²) in [7, 11) is 3.20. The van der Waals surface area contributed by atoms with E-state index in [2.05, 4.69) is 15.5 Å². The molecule has 0 unspecified atom stereocenters. The van der Waals surface area contributed by atoms with E-state index in [1.165, 1.54) is 11.3 Å². The molecule has 1 aliphatic rings. The number of rotatable bonds is 8. The molecule has 4 rings (SSSR count). The molecule has 2 heterocycles. The number of ether oxygens (including phenoxy) is 2. The predicted molar refractivity (Wildman–Crippen MR) is 134 cm³/mol. The van der Waals surface area contributed by atoms with E-state index < -0.39 is 12.0 Å². The monoisotopic (exact) mass is 498 g/mol. The zero-order valence-corrected chi connectivity index (χ0v) is 20.8. The Bertz CT molecular complexity index is 1130. The quantitative estimate of drug-likeness (QED) is 0.352. The molecule has 0 radical (unpaired) electrons. The second-order valence-corrected chi connectivity index (χ2v) is 10.1. The summed E-state index contributed by atoms with van der Waals surface area (Å²) in [4.78, 5) is 28.4. The molecule has 178 valence electrons.